The molecule has 1 aromatic carbocycles. The quantitative estimate of drug-likeness (QED) is 0.766. The van der Waals surface area contributed by atoms with Gasteiger partial charge in [-0.3, -0.25) is 0 Å². The first-order valence-electron chi connectivity index (χ1n) is 6.74. The van der Waals surface area contributed by atoms with Crippen molar-refractivity contribution in [2.45, 2.75) is 32.2 Å². The van der Waals surface area contributed by atoms with Gasteiger partial charge in [-0.15, -0.1) is 21.8 Å². The highest BCUT2D eigenvalue weighted by Gasteiger charge is 2.13. The third-order valence-corrected chi connectivity index (χ3v) is 3.54. The van der Waals surface area contributed by atoms with E-state index in [1.54, 1.807) is 7.11 Å². The van der Waals surface area contributed by atoms with E-state index in [1.807, 2.05) is 4.57 Å². The SMILES string of the molecule is COCCn1c(CCl)nnc1-c1ccc(C(C)C)cc1. The van der Waals surface area contributed by atoms with Crippen LogP contribution in [0.2, 0.25) is 0 Å². The van der Waals surface area contributed by atoms with Gasteiger partial charge in [-0.1, -0.05) is 38.1 Å². The summed E-state index contributed by atoms with van der Waals surface area (Å²) in [6.07, 6.45) is 0. The number of halogens is 1. The average Bonchev–Trinajstić information content (AvgIpc) is 2.88. The Morgan fingerprint density at radius 2 is 1.90 bits per heavy atom. The van der Waals surface area contributed by atoms with Crippen LogP contribution in [0.5, 0.6) is 0 Å². The molecule has 0 radical (unpaired) electrons. The fraction of sp³-hybridized carbons (Fsp3) is 0.467. The van der Waals surface area contributed by atoms with Crippen molar-refractivity contribution in [3.8, 4) is 11.4 Å². The molecule has 0 atom stereocenters. The summed E-state index contributed by atoms with van der Waals surface area (Å²) in [5.41, 5.74) is 2.36. The van der Waals surface area contributed by atoms with E-state index in [9.17, 15) is 0 Å². The Labute approximate surface area is 124 Å². The molecule has 1 heterocycles. The minimum atomic E-state index is 0.348. The number of nitrogens with zero attached hydrogens (tertiary/aromatic N) is 3. The molecule has 5 heteroatoms. The Balaban J connectivity index is 2.33. The standard InChI is InChI=1S/C15H20ClN3O/c1-11(2)12-4-6-13(7-5-12)15-18-17-14(10-16)19(15)8-9-20-3/h4-7,11H,8-10H2,1-3H3. The molecule has 0 N–H and O–H groups in total. The van der Waals surface area contributed by atoms with Crippen LogP contribution in [0.4, 0.5) is 0 Å². The lowest BCUT2D eigenvalue weighted by molar-refractivity contribution is 0.187. The molecule has 0 amide bonds. The molecule has 0 spiro atoms. The van der Waals surface area contributed by atoms with Gasteiger partial charge in [-0.2, -0.15) is 0 Å². The van der Waals surface area contributed by atoms with Gasteiger partial charge in [-0.05, 0) is 11.5 Å². The predicted octanol–water partition coefficient (Wildman–Crippen LogP) is 3.45. The summed E-state index contributed by atoms with van der Waals surface area (Å²) in [5, 5.41) is 8.40. The van der Waals surface area contributed by atoms with Crippen molar-refractivity contribution in [2.75, 3.05) is 13.7 Å². The zero-order valence-corrected chi connectivity index (χ0v) is 12.9. The van der Waals surface area contributed by atoms with Gasteiger partial charge in [0.15, 0.2) is 5.82 Å². The summed E-state index contributed by atoms with van der Waals surface area (Å²) in [4.78, 5) is 0. The Hall–Kier alpha value is -1.39. The van der Waals surface area contributed by atoms with E-state index in [1.165, 1.54) is 5.56 Å². The van der Waals surface area contributed by atoms with Gasteiger partial charge in [0.2, 0.25) is 0 Å². The van der Waals surface area contributed by atoms with Gasteiger partial charge in [0.05, 0.1) is 12.5 Å². The van der Waals surface area contributed by atoms with Gasteiger partial charge in [0.1, 0.15) is 5.82 Å². The van der Waals surface area contributed by atoms with Crippen LogP contribution in [0.1, 0.15) is 31.2 Å². The van der Waals surface area contributed by atoms with Crippen molar-refractivity contribution in [1.82, 2.24) is 14.8 Å². The van der Waals surface area contributed by atoms with E-state index in [2.05, 4.69) is 48.3 Å². The maximum atomic E-state index is 5.91. The number of hydrogen-bond acceptors (Lipinski definition) is 3. The Bertz CT molecular complexity index is 549. The van der Waals surface area contributed by atoms with Crippen molar-refractivity contribution in [3.05, 3.63) is 35.7 Å². The second-order valence-electron chi connectivity index (χ2n) is 4.99. The number of ether oxygens (including phenoxy) is 1. The smallest absolute Gasteiger partial charge is 0.164 e. The fourth-order valence-electron chi connectivity index (χ4n) is 2.08. The lowest BCUT2D eigenvalue weighted by Gasteiger charge is -2.10. The molecule has 1 aromatic heterocycles. The Morgan fingerprint density at radius 1 is 1.20 bits per heavy atom. The van der Waals surface area contributed by atoms with E-state index in [4.69, 9.17) is 16.3 Å². The molecule has 0 bridgehead atoms. The molecule has 0 saturated carbocycles. The van der Waals surface area contributed by atoms with Crippen molar-refractivity contribution < 1.29 is 4.74 Å². The second kappa shape index (κ2) is 6.86. The summed E-state index contributed by atoms with van der Waals surface area (Å²) >= 11 is 5.91. The van der Waals surface area contributed by atoms with Crippen LogP contribution in [-0.2, 0) is 17.2 Å². The van der Waals surface area contributed by atoms with E-state index in [0.717, 1.165) is 17.2 Å². The van der Waals surface area contributed by atoms with Gasteiger partial charge in [0.25, 0.3) is 0 Å². The van der Waals surface area contributed by atoms with Crippen LogP contribution in [-0.4, -0.2) is 28.5 Å². The highest BCUT2D eigenvalue weighted by atomic mass is 35.5. The van der Waals surface area contributed by atoms with Crippen molar-refractivity contribution >= 4 is 11.6 Å². The number of aromatic nitrogens is 3. The molecule has 0 aliphatic carbocycles. The number of methoxy groups -OCH3 is 1. The highest BCUT2D eigenvalue weighted by Crippen LogP contribution is 2.22. The number of rotatable bonds is 6. The summed E-state index contributed by atoms with van der Waals surface area (Å²) < 4.78 is 7.15. The van der Waals surface area contributed by atoms with Gasteiger partial charge in [-0.25, -0.2) is 0 Å². The topological polar surface area (TPSA) is 39.9 Å². The summed E-state index contributed by atoms with van der Waals surface area (Å²) in [5.74, 6) is 2.48. The zero-order valence-electron chi connectivity index (χ0n) is 12.1. The number of alkyl halides is 1. The first kappa shape index (κ1) is 15.0. The highest BCUT2D eigenvalue weighted by molar-refractivity contribution is 6.16. The summed E-state index contributed by atoms with van der Waals surface area (Å²) in [7, 11) is 1.68. The van der Waals surface area contributed by atoms with Gasteiger partial charge >= 0.3 is 0 Å². The molecule has 2 aromatic rings. The first-order chi connectivity index (χ1) is 9.67. The molecule has 0 saturated heterocycles. The van der Waals surface area contributed by atoms with Gasteiger partial charge < -0.3 is 9.30 Å². The molecule has 0 aliphatic rings. The minimum Gasteiger partial charge on any atom is -0.383 e. The van der Waals surface area contributed by atoms with Crippen LogP contribution in [0.25, 0.3) is 11.4 Å². The third kappa shape index (κ3) is 3.19. The van der Waals surface area contributed by atoms with Crippen LogP contribution >= 0.6 is 11.6 Å². The molecule has 20 heavy (non-hydrogen) atoms. The van der Waals surface area contributed by atoms with Crippen LogP contribution in [0.15, 0.2) is 24.3 Å². The van der Waals surface area contributed by atoms with Crippen molar-refractivity contribution in [1.29, 1.82) is 0 Å². The molecule has 0 fully saturated rings. The normalized spacial score (nSPS) is 11.2. The van der Waals surface area contributed by atoms with Crippen LogP contribution in [0.3, 0.4) is 0 Å². The molecule has 108 valence electrons. The summed E-state index contributed by atoms with van der Waals surface area (Å²) in [6.45, 7) is 5.68. The van der Waals surface area contributed by atoms with Crippen LogP contribution in [0, 0.1) is 0 Å². The largest absolute Gasteiger partial charge is 0.383 e. The molecule has 4 nitrogen and oxygen atoms in total. The van der Waals surface area contributed by atoms with E-state index in [-0.39, 0.29) is 0 Å². The average molecular weight is 294 g/mol. The predicted molar refractivity (Wildman–Crippen MR) is 81.0 cm³/mol. The van der Waals surface area contributed by atoms with Crippen molar-refractivity contribution in [3.63, 3.8) is 0 Å². The maximum absolute atomic E-state index is 5.91. The van der Waals surface area contributed by atoms with Gasteiger partial charge in [0, 0.05) is 19.2 Å². The molecular formula is C15H20ClN3O. The summed E-state index contributed by atoms with van der Waals surface area (Å²) in [6, 6.07) is 8.44. The van der Waals surface area contributed by atoms with Crippen molar-refractivity contribution in [2.24, 2.45) is 0 Å². The van der Waals surface area contributed by atoms with E-state index >= 15 is 0 Å². The van der Waals surface area contributed by atoms with E-state index in [0.29, 0.717) is 24.9 Å². The maximum Gasteiger partial charge on any atom is 0.164 e. The second-order valence-corrected chi connectivity index (χ2v) is 5.26. The molecule has 0 aliphatic heterocycles. The Morgan fingerprint density at radius 3 is 2.45 bits per heavy atom. The lowest BCUT2D eigenvalue weighted by atomic mass is 10.0. The zero-order chi connectivity index (χ0) is 14.5. The molecule has 2 rings (SSSR count). The number of benzene rings is 1. The van der Waals surface area contributed by atoms with Crippen LogP contribution < -0.4 is 0 Å². The molecule has 0 unspecified atom stereocenters. The van der Waals surface area contributed by atoms with E-state index < -0.39 is 0 Å². The number of hydrogen-bond donors (Lipinski definition) is 0. The monoisotopic (exact) mass is 293 g/mol. The lowest BCUT2D eigenvalue weighted by Crippen LogP contribution is -2.09. The fourth-order valence-corrected chi connectivity index (χ4v) is 2.28. The Kier molecular flexibility index (Phi) is 5.15. The minimum absolute atomic E-state index is 0.348. The first-order valence-corrected chi connectivity index (χ1v) is 7.28. The molecular weight excluding hydrogens is 274 g/mol. The third-order valence-electron chi connectivity index (χ3n) is 3.30.